The lowest BCUT2D eigenvalue weighted by Crippen LogP contribution is -2.30. The Morgan fingerprint density at radius 2 is 1.20 bits per heavy atom. The molecule has 0 atom stereocenters. The highest BCUT2D eigenvalue weighted by Crippen LogP contribution is 2.52. The third-order valence-corrected chi connectivity index (χ3v) is 9.38. The Bertz CT molecular complexity index is 2260. The molecule has 4 nitrogen and oxygen atoms in total. The van der Waals surface area contributed by atoms with Crippen molar-refractivity contribution in [3.05, 3.63) is 135 Å². The third-order valence-electron chi connectivity index (χ3n) is 8.25. The molecule has 40 heavy (non-hydrogen) atoms. The van der Waals surface area contributed by atoms with Gasteiger partial charge < -0.3 is 9.32 Å². The van der Waals surface area contributed by atoms with E-state index in [9.17, 15) is 9.59 Å². The standard InChI is InChI=1S/C35H23NO3S/c1-35(2)24-12-4-6-14-26(24)36(27-15-7-5-13-25(27)35)28-16-9-11-21-33(38)22-18-23-31(19-29(22)39-34(21)28)40-30-17-8-3-10-20(30)32(23)37/h3-19H,1-2H3. The molecule has 7 aromatic rings. The Morgan fingerprint density at radius 3 is 1.95 bits per heavy atom. The van der Waals surface area contributed by atoms with Crippen LogP contribution in [0.3, 0.4) is 0 Å². The lowest BCUT2D eigenvalue weighted by atomic mass is 9.73. The second kappa shape index (κ2) is 8.13. The second-order valence-electron chi connectivity index (χ2n) is 10.9. The molecular weight excluding hydrogens is 514 g/mol. The number of anilines is 3. The first-order valence-corrected chi connectivity index (χ1v) is 14.1. The summed E-state index contributed by atoms with van der Waals surface area (Å²) in [6.07, 6.45) is 0. The number of fused-ring (bicyclic) bond motifs is 6. The van der Waals surface area contributed by atoms with Crippen molar-refractivity contribution in [1.82, 2.24) is 0 Å². The summed E-state index contributed by atoms with van der Waals surface area (Å²) < 4.78 is 8.32. The van der Waals surface area contributed by atoms with Crippen LogP contribution in [-0.4, -0.2) is 0 Å². The van der Waals surface area contributed by atoms with E-state index in [1.165, 1.54) is 22.5 Å². The molecule has 0 saturated heterocycles. The van der Waals surface area contributed by atoms with E-state index in [1.54, 1.807) is 12.1 Å². The quantitative estimate of drug-likeness (QED) is 0.196. The molecule has 0 N–H and O–H groups in total. The Balaban J connectivity index is 1.46. The zero-order valence-electron chi connectivity index (χ0n) is 21.9. The number of nitrogens with zero attached hydrogens (tertiary/aromatic N) is 1. The van der Waals surface area contributed by atoms with Crippen LogP contribution in [0.5, 0.6) is 0 Å². The Hall–Kier alpha value is -4.74. The van der Waals surface area contributed by atoms with Gasteiger partial charge in [-0.1, -0.05) is 68.4 Å². The molecule has 1 aliphatic rings. The van der Waals surface area contributed by atoms with Crippen molar-refractivity contribution in [2.45, 2.75) is 19.3 Å². The van der Waals surface area contributed by atoms with Crippen LogP contribution in [0.1, 0.15) is 25.0 Å². The number of benzene rings is 5. The first kappa shape index (κ1) is 23.2. The summed E-state index contributed by atoms with van der Waals surface area (Å²) in [5, 5.41) is 2.11. The highest BCUT2D eigenvalue weighted by Gasteiger charge is 2.37. The van der Waals surface area contributed by atoms with E-state index in [4.69, 9.17) is 4.42 Å². The molecule has 5 heteroatoms. The maximum atomic E-state index is 14.0. The zero-order valence-corrected chi connectivity index (χ0v) is 22.7. The average Bonchev–Trinajstić information content (AvgIpc) is 2.97. The van der Waals surface area contributed by atoms with E-state index in [0.29, 0.717) is 32.7 Å². The fourth-order valence-corrected chi connectivity index (χ4v) is 7.34. The molecule has 8 rings (SSSR count). The molecule has 1 aliphatic heterocycles. The maximum Gasteiger partial charge on any atom is 0.200 e. The summed E-state index contributed by atoms with van der Waals surface area (Å²) in [4.78, 5) is 29.5. The van der Waals surface area contributed by atoms with Crippen molar-refractivity contribution in [3.63, 3.8) is 0 Å². The van der Waals surface area contributed by atoms with Crippen LogP contribution in [-0.2, 0) is 5.41 Å². The van der Waals surface area contributed by atoms with Gasteiger partial charge in [0, 0.05) is 25.6 Å². The highest BCUT2D eigenvalue weighted by atomic mass is 32.1. The largest absolute Gasteiger partial charge is 0.454 e. The molecule has 0 unspecified atom stereocenters. The van der Waals surface area contributed by atoms with Gasteiger partial charge in [-0.3, -0.25) is 9.59 Å². The predicted molar refractivity (Wildman–Crippen MR) is 166 cm³/mol. The van der Waals surface area contributed by atoms with Crippen molar-refractivity contribution < 1.29 is 4.42 Å². The minimum Gasteiger partial charge on any atom is -0.454 e. The van der Waals surface area contributed by atoms with Gasteiger partial charge in [0.15, 0.2) is 11.0 Å². The maximum absolute atomic E-state index is 14.0. The molecule has 3 heterocycles. The molecule has 0 radical (unpaired) electrons. The zero-order chi connectivity index (χ0) is 27.2. The van der Waals surface area contributed by atoms with E-state index in [1.807, 2.05) is 54.6 Å². The SMILES string of the molecule is CC1(C)c2ccccc2N(c2cccc3c(=O)c4cc5c(=O)c6ccccc6sc5cc4oc23)c2ccccc21. The third kappa shape index (κ3) is 3.07. The van der Waals surface area contributed by atoms with Crippen molar-refractivity contribution in [1.29, 1.82) is 0 Å². The number of hydrogen-bond acceptors (Lipinski definition) is 5. The first-order valence-electron chi connectivity index (χ1n) is 13.3. The normalized spacial score (nSPS) is 14.1. The van der Waals surface area contributed by atoms with E-state index in [0.717, 1.165) is 26.5 Å². The lowest BCUT2D eigenvalue weighted by molar-refractivity contribution is 0.630. The smallest absolute Gasteiger partial charge is 0.200 e. The molecule has 5 aromatic carbocycles. The fraction of sp³-hybridized carbons (Fsp3) is 0.0857. The van der Waals surface area contributed by atoms with Crippen LogP contribution >= 0.6 is 11.3 Å². The monoisotopic (exact) mass is 537 g/mol. The van der Waals surface area contributed by atoms with Crippen LogP contribution < -0.4 is 15.8 Å². The molecular formula is C35H23NO3S. The van der Waals surface area contributed by atoms with Gasteiger partial charge in [-0.05, 0) is 59.7 Å². The van der Waals surface area contributed by atoms with E-state index in [-0.39, 0.29) is 16.3 Å². The van der Waals surface area contributed by atoms with Gasteiger partial charge in [-0.2, -0.15) is 0 Å². The van der Waals surface area contributed by atoms with Crippen molar-refractivity contribution in [2.75, 3.05) is 4.90 Å². The van der Waals surface area contributed by atoms with Gasteiger partial charge in [-0.15, -0.1) is 11.3 Å². The minimum atomic E-state index is -0.194. The number of rotatable bonds is 1. The van der Waals surface area contributed by atoms with E-state index >= 15 is 0 Å². The molecule has 192 valence electrons. The first-order chi connectivity index (χ1) is 19.4. The Kier molecular flexibility index (Phi) is 4.71. The molecule has 0 bridgehead atoms. The molecule has 0 spiro atoms. The molecule has 2 aromatic heterocycles. The number of hydrogen-bond donors (Lipinski definition) is 0. The van der Waals surface area contributed by atoms with Crippen LogP contribution in [0.2, 0.25) is 0 Å². The van der Waals surface area contributed by atoms with Gasteiger partial charge in [0.25, 0.3) is 0 Å². The second-order valence-corrected chi connectivity index (χ2v) is 11.9. The van der Waals surface area contributed by atoms with E-state index in [2.05, 4.69) is 55.1 Å². The minimum absolute atomic E-state index is 0.0661. The molecule has 0 aliphatic carbocycles. The molecule has 0 saturated carbocycles. The highest BCUT2D eigenvalue weighted by molar-refractivity contribution is 7.24. The Morgan fingerprint density at radius 1 is 0.600 bits per heavy atom. The summed E-state index contributed by atoms with van der Waals surface area (Å²) in [7, 11) is 0. The average molecular weight is 538 g/mol. The van der Waals surface area contributed by atoms with E-state index < -0.39 is 0 Å². The summed E-state index contributed by atoms with van der Waals surface area (Å²) in [6.45, 7) is 4.50. The van der Waals surface area contributed by atoms with Gasteiger partial charge in [0.2, 0.25) is 5.43 Å². The van der Waals surface area contributed by atoms with Crippen LogP contribution in [0.25, 0.3) is 42.1 Å². The van der Waals surface area contributed by atoms with Crippen LogP contribution in [0.4, 0.5) is 17.1 Å². The van der Waals surface area contributed by atoms with Gasteiger partial charge in [0.05, 0.1) is 27.8 Å². The van der Waals surface area contributed by atoms with Crippen molar-refractivity contribution >= 4 is 70.5 Å². The van der Waals surface area contributed by atoms with Crippen molar-refractivity contribution in [3.8, 4) is 0 Å². The topological polar surface area (TPSA) is 50.5 Å². The van der Waals surface area contributed by atoms with Gasteiger partial charge >= 0.3 is 0 Å². The fourth-order valence-electron chi connectivity index (χ4n) is 6.26. The molecule has 0 amide bonds. The Labute approximate surface area is 233 Å². The summed E-state index contributed by atoms with van der Waals surface area (Å²) in [5.41, 5.74) is 5.93. The lowest BCUT2D eigenvalue weighted by Gasteiger charge is -2.41. The van der Waals surface area contributed by atoms with Gasteiger partial charge in [-0.25, -0.2) is 0 Å². The summed E-state index contributed by atoms with van der Waals surface area (Å²) in [5.74, 6) is 0. The summed E-state index contributed by atoms with van der Waals surface area (Å²) >= 11 is 1.53. The molecule has 0 fully saturated rings. The van der Waals surface area contributed by atoms with Gasteiger partial charge in [0.1, 0.15) is 5.58 Å². The number of para-hydroxylation sites is 3. The predicted octanol–water partition coefficient (Wildman–Crippen LogP) is 8.78. The van der Waals surface area contributed by atoms with Crippen LogP contribution in [0.15, 0.2) is 117 Å². The van der Waals surface area contributed by atoms with Crippen LogP contribution in [0, 0.1) is 0 Å². The summed E-state index contributed by atoms with van der Waals surface area (Å²) in [6, 6.07) is 33.7. The van der Waals surface area contributed by atoms with Crippen molar-refractivity contribution in [2.24, 2.45) is 0 Å².